The third-order valence-electron chi connectivity index (χ3n) is 6.02. The Hall–Kier alpha value is -3.48. The number of nitrogens with one attached hydrogen (secondary N) is 1. The first-order valence-electron chi connectivity index (χ1n) is 10.0. The maximum Gasteiger partial charge on any atom is 0.250 e. The van der Waals surface area contributed by atoms with Crippen LogP contribution in [0.4, 0.5) is 10.1 Å². The number of hydrogen-bond donors (Lipinski definition) is 2. The van der Waals surface area contributed by atoms with Gasteiger partial charge in [-0.05, 0) is 42.5 Å². The SMILES string of the molecule is NC(=O)c1ccc(-c2ccccc2F)c2c1NC1CCC(Oc3cncnc3)CC21. The molecule has 1 saturated carbocycles. The number of aromatic nitrogens is 2. The fraction of sp³-hybridized carbons (Fsp3) is 0.261. The van der Waals surface area contributed by atoms with Gasteiger partial charge in [-0.3, -0.25) is 4.79 Å². The molecule has 30 heavy (non-hydrogen) atoms. The van der Waals surface area contributed by atoms with E-state index in [9.17, 15) is 9.18 Å². The van der Waals surface area contributed by atoms with Gasteiger partial charge in [0.1, 0.15) is 12.1 Å². The van der Waals surface area contributed by atoms with Gasteiger partial charge in [-0.25, -0.2) is 14.4 Å². The van der Waals surface area contributed by atoms with Crippen molar-refractivity contribution in [2.45, 2.75) is 37.3 Å². The number of amides is 1. The zero-order valence-electron chi connectivity index (χ0n) is 16.2. The topological polar surface area (TPSA) is 90.1 Å². The molecule has 3 N–H and O–H groups in total. The highest BCUT2D eigenvalue weighted by Gasteiger charge is 2.41. The first kappa shape index (κ1) is 18.5. The van der Waals surface area contributed by atoms with Crippen LogP contribution in [-0.4, -0.2) is 28.0 Å². The van der Waals surface area contributed by atoms with E-state index in [0.717, 1.165) is 36.1 Å². The van der Waals surface area contributed by atoms with Crippen LogP contribution < -0.4 is 15.8 Å². The van der Waals surface area contributed by atoms with Crippen molar-refractivity contribution in [1.29, 1.82) is 0 Å². The van der Waals surface area contributed by atoms with Gasteiger partial charge in [0.2, 0.25) is 0 Å². The summed E-state index contributed by atoms with van der Waals surface area (Å²) in [7, 11) is 0. The minimum atomic E-state index is -0.494. The third kappa shape index (κ3) is 3.16. The van der Waals surface area contributed by atoms with E-state index in [0.29, 0.717) is 16.9 Å². The van der Waals surface area contributed by atoms with Crippen LogP contribution in [0.2, 0.25) is 0 Å². The lowest BCUT2D eigenvalue weighted by atomic mass is 9.78. The molecule has 6 nitrogen and oxygen atoms in total. The molecule has 7 heteroatoms. The summed E-state index contributed by atoms with van der Waals surface area (Å²) in [5.74, 6) is -0.0728. The van der Waals surface area contributed by atoms with Crippen LogP contribution in [0, 0.1) is 5.82 Å². The van der Waals surface area contributed by atoms with Gasteiger partial charge in [0, 0.05) is 17.5 Å². The van der Waals surface area contributed by atoms with Gasteiger partial charge in [0.05, 0.1) is 29.7 Å². The summed E-state index contributed by atoms with van der Waals surface area (Å²) in [5.41, 5.74) is 9.05. The van der Waals surface area contributed by atoms with Crippen LogP contribution in [0.15, 0.2) is 55.1 Å². The van der Waals surface area contributed by atoms with Crippen molar-refractivity contribution in [3.63, 3.8) is 0 Å². The van der Waals surface area contributed by atoms with E-state index in [1.165, 1.54) is 12.4 Å². The number of halogens is 1. The molecule has 152 valence electrons. The highest BCUT2D eigenvalue weighted by atomic mass is 19.1. The second-order valence-electron chi connectivity index (χ2n) is 7.78. The van der Waals surface area contributed by atoms with Crippen LogP contribution in [0.3, 0.4) is 0 Å². The Morgan fingerprint density at radius 1 is 1.10 bits per heavy atom. The van der Waals surface area contributed by atoms with Crippen LogP contribution in [0.5, 0.6) is 5.75 Å². The fourth-order valence-corrected chi connectivity index (χ4v) is 4.73. The smallest absolute Gasteiger partial charge is 0.250 e. The van der Waals surface area contributed by atoms with Gasteiger partial charge < -0.3 is 15.8 Å². The number of hydrogen-bond acceptors (Lipinski definition) is 5. The first-order chi connectivity index (χ1) is 14.6. The Balaban J connectivity index is 1.55. The van der Waals surface area contributed by atoms with Gasteiger partial charge in [0.25, 0.3) is 5.91 Å². The van der Waals surface area contributed by atoms with Crippen LogP contribution >= 0.6 is 0 Å². The van der Waals surface area contributed by atoms with Crippen molar-refractivity contribution >= 4 is 11.6 Å². The Morgan fingerprint density at radius 3 is 2.67 bits per heavy atom. The zero-order valence-corrected chi connectivity index (χ0v) is 16.2. The van der Waals surface area contributed by atoms with Gasteiger partial charge in [-0.1, -0.05) is 24.3 Å². The van der Waals surface area contributed by atoms with Crippen molar-refractivity contribution in [2.24, 2.45) is 5.73 Å². The van der Waals surface area contributed by atoms with Crippen LogP contribution in [-0.2, 0) is 0 Å². The fourth-order valence-electron chi connectivity index (χ4n) is 4.73. The molecule has 1 fully saturated rings. The molecule has 0 saturated heterocycles. The Bertz CT molecular complexity index is 1110. The lowest BCUT2D eigenvalue weighted by molar-refractivity contribution is 0.100. The Labute approximate surface area is 173 Å². The molecule has 5 rings (SSSR count). The molecule has 1 aliphatic heterocycles. The average molecular weight is 404 g/mol. The maximum atomic E-state index is 14.6. The van der Waals surface area contributed by atoms with E-state index in [-0.39, 0.29) is 23.9 Å². The number of fused-ring (bicyclic) bond motifs is 3. The third-order valence-corrected chi connectivity index (χ3v) is 6.02. The number of benzene rings is 2. The molecular formula is C23H21FN4O2. The van der Waals surface area contributed by atoms with Crippen molar-refractivity contribution in [1.82, 2.24) is 9.97 Å². The minimum Gasteiger partial charge on any atom is -0.487 e. The van der Waals surface area contributed by atoms with E-state index in [2.05, 4.69) is 15.3 Å². The summed E-state index contributed by atoms with van der Waals surface area (Å²) >= 11 is 0. The normalized spacial score (nSPS) is 22.0. The van der Waals surface area contributed by atoms with E-state index >= 15 is 0 Å². The lowest BCUT2D eigenvalue weighted by Gasteiger charge is -2.32. The summed E-state index contributed by atoms with van der Waals surface area (Å²) in [6.45, 7) is 0. The molecule has 0 bridgehead atoms. The van der Waals surface area contributed by atoms with Gasteiger partial charge in [-0.2, -0.15) is 0 Å². The van der Waals surface area contributed by atoms with Crippen molar-refractivity contribution in [3.05, 3.63) is 72.1 Å². The molecule has 2 heterocycles. The predicted octanol–water partition coefficient (Wildman–Crippen LogP) is 3.89. The first-order valence-corrected chi connectivity index (χ1v) is 10.0. The zero-order chi connectivity index (χ0) is 20.7. The second-order valence-corrected chi connectivity index (χ2v) is 7.78. The van der Waals surface area contributed by atoms with E-state index in [1.807, 2.05) is 6.07 Å². The van der Waals surface area contributed by atoms with Gasteiger partial charge in [-0.15, -0.1) is 0 Å². The highest BCUT2D eigenvalue weighted by molar-refractivity contribution is 6.01. The molecular weight excluding hydrogens is 383 g/mol. The molecule has 3 unspecified atom stereocenters. The molecule has 0 radical (unpaired) electrons. The Morgan fingerprint density at radius 2 is 1.90 bits per heavy atom. The van der Waals surface area contributed by atoms with E-state index < -0.39 is 5.91 Å². The molecule has 3 atom stereocenters. The molecule has 3 aromatic rings. The van der Waals surface area contributed by atoms with E-state index in [4.69, 9.17) is 10.5 Å². The number of anilines is 1. The summed E-state index contributed by atoms with van der Waals surface area (Å²) in [6.07, 6.45) is 7.21. The van der Waals surface area contributed by atoms with Gasteiger partial charge >= 0.3 is 0 Å². The average Bonchev–Trinajstić information content (AvgIpc) is 3.13. The van der Waals surface area contributed by atoms with Crippen molar-refractivity contribution in [3.8, 4) is 16.9 Å². The molecule has 2 aliphatic rings. The number of primary amides is 1. The number of carbonyl (C=O) groups is 1. The Kier molecular flexibility index (Phi) is 4.58. The largest absolute Gasteiger partial charge is 0.487 e. The van der Waals surface area contributed by atoms with Gasteiger partial charge in [0.15, 0.2) is 5.75 Å². The number of ether oxygens (including phenoxy) is 1. The number of carbonyl (C=O) groups excluding carboxylic acids is 1. The van der Waals surface area contributed by atoms with Crippen molar-refractivity contribution < 1.29 is 13.9 Å². The standard InChI is InChI=1S/C23H21FN4O2/c24-19-4-2-1-3-15(19)16-6-7-17(23(25)29)22-21(16)18-9-13(5-8-20(18)28-22)30-14-10-26-12-27-11-14/h1-4,6-7,10-13,18,20,28H,5,8-9H2,(H2,25,29). The van der Waals surface area contributed by atoms with Crippen LogP contribution in [0.25, 0.3) is 11.1 Å². The van der Waals surface area contributed by atoms with Crippen molar-refractivity contribution in [2.75, 3.05) is 5.32 Å². The predicted molar refractivity (Wildman–Crippen MR) is 111 cm³/mol. The van der Waals surface area contributed by atoms with Crippen LogP contribution in [0.1, 0.15) is 41.1 Å². The molecule has 1 aromatic heterocycles. The second kappa shape index (κ2) is 7.40. The number of nitrogens with zero attached hydrogens (tertiary/aromatic N) is 2. The summed E-state index contributed by atoms with van der Waals surface area (Å²) < 4.78 is 20.7. The summed E-state index contributed by atoms with van der Waals surface area (Å²) in [5, 5.41) is 3.50. The molecule has 2 aromatic carbocycles. The summed E-state index contributed by atoms with van der Waals surface area (Å²) in [6, 6.07) is 10.3. The quantitative estimate of drug-likeness (QED) is 0.689. The number of nitrogens with two attached hydrogens (primary N) is 1. The minimum absolute atomic E-state index is 0.0179. The number of rotatable bonds is 4. The molecule has 0 spiro atoms. The molecule has 1 amide bonds. The maximum absolute atomic E-state index is 14.6. The molecule has 1 aliphatic carbocycles. The summed E-state index contributed by atoms with van der Waals surface area (Å²) in [4.78, 5) is 20.1. The lowest BCUT2D eigenvalue weighted by Crippen LogP contribution is -2.34. The van der Waals surface area contributed by atoms with E-state index in [1.54, 1.807) is 36.7 Å². The monoisotopic (exact) mass is 404 g/mol. The highest BCUT2D eigenvalue weighted by Crippen LogP contribution is 2.50.